The number of halogens is 2. The van der Waals surface area contributed by atoms with Gasteiger partial charge in [-0.3, -0.25) is 4.79 Å². The van der Waals surface area contributed by atoms with Crippen LogP contribution in [0.25, 0.3) is 0 Å². The Hall–Kier alpha value is -2.25. The van der Waals surface area contributed by atoms with Crippen LogP contribution in [0.1, 0.15) is 5.56 Å². The lowest BCUT2D eigenvalue weighted by molar-refractivity contribution is -0.119. The molecule has 0 aliphatic heterocycles. The van der Waals surface area contributed by atoms with Crippen molar-refractivity contribution in [2.24, 2.45) is 5.10 Å². The zero-order valence-electron chi connectivity index (χ0n) is 13.7. The minimum atomic E-state index is -0.303. The van der Waals surface area contributed by atoms with Crippen LogP contribution >= 0.6 is 27.5 Å². The first-order valence-electron chi connectivity index (χ1n) is 7.27. The SMILES string of the molecule is COc1cc(OC)c(/C=N\NC(=O)CNc2ccccc2Cl)cc1Br. The van der Waals surface area contributed by atoms with Crippen LogP contribution < -0.4 is 20.2 Å². The van der Waals surface area contributed by atoms with Gasteiger partial charge in [-0.05, 0) is 34.1 Å². The molecular formula is C17H17BrClN3O3. The quantitative estimate of drug-likeness (QED) is 0.523. The van der Waals surface area contributed by atoms with Crippen LogP contribution in [0, 0.1) is 0 Å². The van der Waals surface area contributed by atoms with Gasteiger partial charge in [0, 0.05) is 11.6 Å². The van der Waals surface area contributed by atoms with Gasteiger partial charge in [0.05, 0.1) is 42.2 Å². The highest BCUT2D eigenvalue weighted by atomic mass is 79.9. The third-order valence-electron chi connectivity index (χ3n) is 3.21. The summed E-state index contributed by atoms with van der Waals surface area (Å²) < 4.78 is 11.2. The monoisotopic (exact) mass is 425 g/mol. The van der Waals surface area contributed by atoms with E-state index in [0.29, 0.717) is 27.8 Å². The summed E-state index contributed by atoms with van der Waals surface area (Å²) in [6, 6.07) is 10.7. The molecule has 0 heterocycles. The van der Waals surface area contributed by atoms with E-state index < -0.39 is 0 Å². The Morgan fingerprint density at radius 2 is 1.96 bits per heavy atom. The predicted octanol–water partition coefficient (Wildman–Crippen LogP) is 3.68. The molecule has 1 amide bonds. The third kappa shape index (κ3) is 5.37. The van der Waals surface area contributed by atoms with Gasteiger partial charge in [0.15, 0.2) is 0 Å². The lowest BCUT2D eigenvalue weighted by Gasteiger charge is -2.09. The van der Waals surface area contributed by atoms with Crippen LogP contribution in [-0.4, -0.2) is 32.9 Å². The number of hydrogen-bond acceptors (Lipinski definition) is 5. The van der Waals surface area contributed by atoms with Crippen LogP contribution in [0.5, 0.6) is 11.5 Å². The smallest absolute Gasteiger partial charge is 0.259 e. The lowest BCUT2D eigenvalue weighted by Crippen LogP contribution is -2.26. The van der Waals surface area contributed by atoms with Gasteiger partial charge in [0.2, 0.25) is 0 Å². The van der Waals surface area contributed by atoms with Gasteiger partial charge in [-0.15, -0.1) is 0 Å². The molecule has 0 aliphatic carbocycles. The van der Waals surface area contributed by atoms with Crippen LogP contribution in [0.4, 0.5) is 5.69 Å². The van der Waals surface area contributed by atoms with Crippen molar-refractivity contribution in [3.8, 4) is 11.5 Å². The van der Waals surface area contributed by atoms with Crippen LogP contribution in [-0.2, 0) is 4.79 Å². The number of ether oxygens (including phenoxy) is 2. The maximum atomic E-state index is 11.8. The Bertz CT molecular complexity index is 784. The van der Waals surface area contributed by atoms with Gasteiger partial charge < -0.3 is 14.8 Å². The number of carbonyl (C=O) groups is 1. The highest BCUT2D eigenvalue weighted by Gasteiger charge is 2.08. The van der Waals surface area contributed by atoms with E-state index in [2.05, 4.69) is 31.8 Å². The molecule has 0 radical (unpaired) electrons. The van der Waals surface area contributed by atoms with Crippen molar-refractivity contribution in [2.45, 2.75) is 0 Å². The fourth-order valence-electron chi connectivity index (χ4n) is 1.98. The van der Waals surface area contributed by atoms with Gasteiger partial charge in [0.25, 0.3) is 5.91 Å². The highest BCUT2D eigenvalue weighted by molar-refractivity contribution is 9.10. The fourth-order valence-corrected chi connectivity index (χ4v) is 2.70. The van der Waals surface area contributed by atoms with Gasteiger partial charge >= 0.3 is 0 Å². The molecule has 0 atom stereocenters. The number of methoxy groups -OCH3 is 2. The molecule has 0 aromatic heterocycles. The van der Waals surface area contributed by atoms with Gasteiger partial charge in [0.1, 0.15) is 11.5 Å². The van der Waals surface area contributed by atoms with Crippen LogP contribution in [0.2, 0.25) is 5.02 Å². The van der Waals surface area contributed by atoms with Crippen molar-refractivity contribution in [1.29, 1.82) is 0 Å². The molecule has 2 rings (SSSR count). The molecule has 0 aliphatic rings. The van der Waals surface area contributed by atoms with Crippen molar-refractivity contribution in [2.75, 3.05) is 26.1 Å². The number of carbonyl (C=O) groups excluding carboxylic acids is 1. The predicted molar refractivity (Wildman–Crippen MR) is 103 cm³/mol. The molecule has 2 N–H and O–H groups in total. The molecule has 132 valence electrons. The summed E-state index contributed by atoms with van der Waals surface area (Å²) >= 11 is 9.41. The number of nitrogens with one attached hydrogen (secondary N) is 2. The molecule has 8 heteroatoms. The molecule has 0 bridgehead atoms. The number of nitrogens with zero attached hydrogens (tertiary/aromatic N) is 1. The zero-order chi connectivity index (χ0) is 18.2. The van der Waals surface area contributed by atoms with Crippen molar-refractivity contribution in [3.63, 3.8) is 0 Å². The van der Waals surface area contributed by atoms with E-state index in [1.807, 2.05) is 12.1 Å². The van der Waals surface area contributed by atoms with E-state index >= 15 is 0 Å². The summed E-state index contributed by atoms with van der Waals surface area (Å²) in [4.78, 5) is 11.8. The van der Waals surface area contributed by atoms with E-state index in [0.717, 1.165) is 4.47 Å². The van der Waals surface area contributed by atoms with Crippen molar-refractivity contribution >= 4 is 45.3 Å². The van der Waals surface area contributed by atoms with Gasteiger partial charge in [-0.25, -0.2) is 5.43 Å². The van der Waals surface area contributed by atoms with E-state index in [1.165, 1.54) is 6.21 Å². The molecule has 6 nitrogen and oxygen atoms in total. The molecule has 2 aromatic carbocycles. The van der Waals surface area contributed by atoms with E-state index in [-0.39, 0.29) is 12.5 Å². The Kier molecular flexibility index (Phi) is 7.09. The average Bonchev–Trinajstić information content (AvgIpc) is 2.61. The Morgan fingerprint density at radius 3 is 2.64 bits per heavy atom. The van der Waals surface area contributed by atoms with Crippen molar-refractivity contribution in [1.82, 2.24) is 5.43 Å². The molecule has 0 fully saturated rings. The summed E-state index contributed by atoms with van der Waals surface area (Å²) in [6.45, 7) is 0.0461. The van der Waals surface area contributed by atoms with Gasteiger partial charge in [-0.2, -0.15) is 5.10 Å². The second-order valence-corrected chi connectivity index (χ2v) is 6.12. The molecule has 2 aromatic rings. The minimum Gasteiger partial charge on any atom is -0.496 e. The zero-order valence-corrected chi connectivity index (χ0v) is 16.0. The number of benzene rings is 2. The van der Waals surface area contributed by atoms with Gasteiger partial charge in [-0.1, -0.05) is 23.7 Å². The number of hydrazone groups is 1. The Labute approximate surface area is 159 Å². The van der Waals surface area contributed by atoms with E-state index in [9.17, 15) is 4.79 Å². The number of para-hydroxylation sites is 1. The standard InChI is InChI=1S/C17H17BrClN3O3/c1-24-15-8-16(25-2)12(18)7-11(15)9-21-22-17(23)10-20-14-6-4-3-5-13(14)19/h3-9,20H,10H2,1-2H3,(H,22,23)/b21-9-. The number of anilines is 1. The molecule has 25 heavy (non-hydrogen) atoms. The van der Waals surface area contributed by atoms with Crippen LogP contribution in [0.15, 0.2) is 46.0 Å². The van der Waals surface area contributed by atoms with Crippen LogP contribution in [0.3, 0.4) is 0 Å². The first-order chi connectivity index (χ1) is 12.0. The molecular weight excluding hydrogens is 410 g/mol. The summed E-state index contributed by atoms with van der Waals surface area (Å²) in [5.41, 5.74) is 3.82. The summed E-state index contributed by atoms with van der Waals surface area (Å²) in [7, 11) is 3.12. The van der Waals surface area contributed by atoms with E-state index in [4.69, 9.17) is 21.1 Å². The largest absolute Gasteiger partial charge is 0.496 e. The summed E-state index contributed by atoms with van der Waals surface area (Å²) in [5.74, 6) is 0.914. The normalized spacial score (nSPS) is 10.6. The number of rotatable bonds is 7. The highest BCUT2D eigenvalue weighted by Crippen LogP contribution is 2.31. The minimum absolute atomic E-state index is 0.0461. The molecule has 0 saturated carbocycles. The maximum absolute atomic E-state index is 11.8. The molecule has 0 saturated heterocycles. The summed E-state index contributed by atoms with van der Waals surface area (Å²) in [6.07, 6.45) is 1.50. The topological polar surface area (TPSA) is 72.0 Å². The third-order valence-corrected chi connectivity index (χ3v) is 4.16. The molecule has 0 unspecified atom stereocenters. The first kappa shape index (κ1) is 19.1. The fraction of sp³-hybridized carbons (Fsp3) is 0.176. The summed E-state index contributed by atoms with van der Waals surface area (Å²) in [5, 5.41) is 7.43. The van der Waals surface area contributed by atoms with Crippen molar-refractivity contribution < 1.29 is 14.3 Å². The first-order valence-corrected chi connectivity index (χ1v) is 8.44. The van der Waals surface area contributed by atoms with E-state index in [1.54, 1.807) is 38.5 Å². The number of amides is 1. The molecule has 0 spiro atoms. The van der Waals surface area contributed by atoms with Crippen molar-refractivity contribution in [3.05, 3.63) is 51.5 Å². The number of hydrogen-bond donors (Lipinski definition) is 2. The Balaban J connectivity index is 1.95. The Morgan fingerprint density at radius 1 is 1.24 bits per heavy atom. The average molecular weight is 427 g/mol. The second-order valence-electron chi connectivity index (χ2n) is 4.86. The lowest BCUT2D eigenvalue weighted by atomic mass is 10.2. The second kappa shape index (κ2) is 9.29. The maximum Gasteiger partial charge on any atom is 0.259 e.